The molecule has 0 spiro atoms. The van der Waals surface area contributed by atoms with E-state index in [1.165, 1.54) is 79.3 Å². The van der Waals surface area contributed by atoms with Crippen LogP contribution in [0, 0.1) is 11.8 Å². The molecule has 0 aromatic heterocycles. The van der Waals surface area contributed by atoms with E-state index in [1.807, 2.05) is 0 Å². The van der Waals surface area contributed by atoms with Gasteiger partial charge in [0.2, 0.25) is 0 Å². The number of carboxylic acids is 2. The number of halogens is 1. The first-order chi connectivity index (χ1) is 15.2. The van der Waals surface area contributed by atoms with Crippen LogP contribution in [0.15, 0.2) is 0 Å². The van der Waals surface area contributed by atoms with Crippen LogP contribution in [0.5, 0.6) is 0 Å². The van der Waals surface area contributed by atoms with Crippen molar-refractivity contribution in [3.05, 3.63) is 0 Å². The van der Waals surface area contributed by atoms with Crippen LogP contribution in [0.25, 0.3) is 0 Å². The molecule has 0 rings (SSSR count). The Morgan fingerprint density at radius 2 is 1.16 bits per heavy atom. The Labute approximate surface area is 221 Å². The van der Waals surface area contributed by atoms with Gasteiger partial charge in [-0.1, -0.05) is 66.2 Å². The average Bonchev–Trinajstić information content (AvgIpc) is 2.71. The molecule has 0 radical (unpaired) electrons. The van der Waals surface area contributed by atoms with Crippen LogP contribution >= 0.6 is 32.4 Å². The molecule has 190 valence electrons. The summed E-state index contributed by atoms with van der Waals surface area (Å²) in [4.78, 5) is 20.1. The molecule has 0 fully saturated rings. The van der Waals surface area contributed by atoms with E-state index in [9.17, 15) is 19.8 Å². The number of hydrogen-bond donors (Lipinski definition) is 0. The number of carbonyl (C=O) groups excluding carboxylic acids is 2. The number of thioether (sulfide) groups is 2. The van der Waals surface area contributed by atoms with Gasteiger partial charge >= 0.3 is 53.1 Å². The number of aliphatic carboxylic acids is 2. The summed E-state index contributed by atoms with van der Waals surface area (Å²) in [6.45, 7) is 11.1. The SMILES string of the molecule is CC(C)CCCCCSCC(=O)[O-].CC(C)CCCCCSCC(=O)[O-].CCC[CH2][Sn+2][Cl]. The van der Waals surface area contributed by atoms with E-state index in [0.29, 0.717) is 0 Å². The first kappa shape index (κ1) is 37.3. The van der Waals surface area contributed by atoms with Crippen molar-refractivity contribution in [1.82, 2.24) is 0 Å². The zero-order valence-corrected chi connectivity index (χ0v) is 26.3. The molecule has 8 heteroatoms. The van der Waals surface area contributed by atoms with Gasteiger partial charge in [0.1, 0.15) is 0 Å². The van der Waals surface area contributed by atoms with Crippen LogP contribution in [-0.2, 0) is 9.59 Å². The average molecular weight is 618 g/mol. The molecule has 0 aliphatic carbocycles. The first-order valence-electron chi connectivity index (χ1n) is 12.1. The molecule has 0 amide bonds. The maximum atomic E-state index is 10.0. The zero-order valence-electron chi connectivity index (χ0n) is 21.1. The third-order valence-corrected chi connectivity index (χ3v) is 9.06. The fourth-order valence-corrected chi connectivity index (χ4v) is 6.15. The first-order valence-corrected chi connectivity index (χ1v) is 20.0. The van der Waals surface area contributed by atoms with Gasteiger partial charge in [-0.05, 0) is 36.2 Å². The Morgan fingerprint density at radius 3 is 1.41 bits per heavy atom. The third-order valence-electron chi connectivity index (χ3n) is 4.20. The number of hydrogen-bond acceptors (Lipinski definition) is 6. The van der Waals surface area contributed by atoms with E-state index in [1.54, 1.807) is 0 Å². The van der Waals surface area contributed by atoms with Crippen LogP contribution in [0.2, 0.25) is 4.44 Å². The molecule has 0 bridgehead atoms. The van der Waals surface area contributed by atoms with E-state index in [2.05, 4.69) is 34.6 Å². The minimum absolute atomic E-state index is 0.143. The van der Waals surface area contributed by atoms with Gasteiger partial charge in [-0.2, -0.15) is 23.5 Å². The van der Waals surface area contributed by atoms with Crippen molar-refractivity contribution in [2.75, 3.05) is 23.0 Å². The summed E-state index contributed by atoms with van der Waals surface area (Å²) in [7, 11) is 5.55. The third kappa shape index (κ3) is 48.2. The van der Waals surface area contributed by atoms with E-state index < -0.39 is 11.9 Å². The van der Waals surface area contributed by atoms with Crippen molar-refractivity contribution >= 4 is 64.4 Å². The Kier molecular flexibility index (Phi) is 37.0. The van der Waals surface area contributed by atoms with E-state index in [0.717, 1.165) is 36.2 Å². The van der Waals surface area contributed by atoms with Gasteiger partial charge in [-0.15, -0.1) is 0 Å². The molecule has 0 unspecified atom stereocenters. The Hall–Kier alpha value is 0.729. The Morgan fingerprint density at radius 1 is 0.750 bits per heavy atom. The molecule has 0 heterocycles. The second-order valence-electron chi connectivity index (χ2n) is 8.57. The van der Waals surface area contributed by atoms with Crippen molar-refractivity contribution in [2.45, 2.75) is 103 Å². The molecule has 0 aromatic carbocycles. The quantitative estimate of drug-likeness (QED) is 0.142. The topological polar surface area (TPSA) is 80.3 Å². The van der Waals surface area contributed by atoms with E-state index in [-0.39, 0.29) is 31.5 Å². The second-order valence-corrected chi connectivity index (χ2v) is 14.8. The van der Waals surface area contributed by atoms with Crippen molar-refractivity contribution in [3.8, 4) is 0 Å². The summed E-state index contributed by atoms with van der Waals surface area (Å²) in [6, 6.07) is 0. The molecule has 32 heavy (non-hydrogen) atoms. The standard InChI is InChI=1S/2C10H20O2S.C4H9.ClH.Sn/c2*1-9(2)6-4-3-5-7-13-8-10(11)12;1-3-4-2;;/h2*9H,3-8H2,1-2H3,(H,11,12);1,3-4H2,2H3;1H;/q;;;;+3/p-3. The monoisotopic (exact) mass is 618 g/mol. The molecular formula is C24H47ClO4S2Sn. The summed E-state index contributed by atoms with van der Waals surface area (Å²) in [5, 5.41) is 20.1. The summed E-state index contributed by atoms with van der Waals surface area (Å²) < 4.78 is 1.35. The minimum atomic E-state index is -0.952. The molecular weight excluding hydrogens is 571 g/mol. The van der Waals surface area contributed by atoms with Crippen molar-refractivity contribution in [2.24, 2.45) is 11.8 Å². The molecule has 0 saturated heterocycles. The summed E-state index contributed by atoms with van der Waals surface area (Å²) in [5.41, 5.74) is 0. The van der Waals surface area contributed by atoms with Crippen LogP contribution in [0.3, 0.4) is 0 Å². The molecule has 0 N–H and O–H groups in total. The zero-order chi connectivity index (χ0) is 25.0. The molecule has 0 aliphatic rings. The summed E-state index contributed by atoms with van der Waals surface area (Å²) in [6.07, 6.45) is 12.5. The molecule has 0 atom stereocenters. The van der Waals surface area contributed by atoms with Gasteiger partial charge in [0.25, 0.3) is 0 Å². The number of carbonyl (C=O) groups is 2. The van der Waals surface area contributed by atoms with Crippen LogP contribution in [0.1, 0.15) is 98.8 Å². The van der Waals surface area contributed by atoms with Gasteiger partial charge < -0.3 is 19.8 Å². The van der Waals surface area contributed by atoms with Gasteiger partial charge in [0.05, 0.1) is 11.9 Å². The van der Waals surface area contributed by atoms with Gasteiger partial charge in [-0.3, -0.25) is 0 Å². The predicted octanol–water partition coefficient (Wildman–Crippen LogP) is 5.43. The fourth-order valence-electron chi connectivity index (χ4n) is 2.42. The molecule has 0 aromatic rings. The second kappa shape index (κ2) is 31.7. The van der Waals surface area contributed by atoms with Gasteiger partial charge in [0.15, 0.2) is 0 Å². The molecule has 0 aliphatic heterocycles. The van der Waals surface area contributed by atoms with E-state index in [4.69, 9.17) is 8.92 Å². The molecule has 4 nitrogen and oxygen atoms in total. The fraction of sp³-hybridized carbons (Fsp3) is 0.917. The number of rotatable bonds is 19. The Balaban J connectivity index is -0.000000422. The van der Waals surface area contributed by atoms with Crippen molar-refractivity contribution < 1.29 is 19.8 Å². The van der Waals surface area contributed by atoms with Crippen LogP contribution in [0.4, 0.5) is 0 Å². The number of carboxylic acid groups (broad SMARTS) is 2. The Bertz CT molecular complexity index is 364. The van der Waals surface area contributed by atoms with E-state index >= 15 is 0 Å². The van der Waals surface area contributed by atoms with Crippen molar-refractivity contribution in [1.29, 1.82) is 0 Å². The normalized spacial score (nSPS) is 10.1. The van der Waals surface area contributed by atoms with Crippen LogP contribution in [-0.4, -0.2) is 55.0 Å². The number of unbranched alkanes of at least 4 members (excludes halogenated alkanes) is 5. The molecule has 0 saturated carbocycles. The summed E-state index contributed by atoms with van der Waals surface area (Å²) >= 11 is 2.58. The van der Waals surface area contributed by atoms with Crippen molar-refractivity contribution in [3.63, 3.8) is 0 Å². The maximum absolute atomic E-state index is 10.0. The van der Waals surface area contributed by atoms with Gasteiger partial charge in [0, 0.05) is 11.5 Å². The van der Waals surface area contributed by atoms with Gasteiger partial charge in [-0.25, -0.2) is 0 Å². The van der Waals surface area contributed by atoms with Crippen LogP contribution < -0.4 is 10.2 Å². The summed E-state index contributed by atoms with van der Waals surface area (Å²) in [5.74, 6) is 1.86. The predicted molar refractivity (Wildman–Crippen MR) is 143 cm³/mol.